The van der Waals surface area contributed by atoms with Crippen molar-refractivity contribution in [1.82, 2.24) is 0 Å². The van der Waals surface area contributed by atoms with Gasteiger partial charge in [-0.3, -0.25) is 14.9 Å². The van der Waals surface area contributed by atoms with Crippen molar-refractivity contribution >= 4 is 17.6 Å². The third-order valence-corrected chi connectivity index (χ3v) is 7.33. The monoisotopic (exact) mass is 609 g/mol. The van der Waals surface area contributed by atoms with Crippen LogP contribution in [0.3, 0.4) is 0 Å². The molecular weight excluding hydrogens is 562 g/mol. The van der Waals surface area contributed by atoms with Crippen molar-refractivity contribution in [3.05, 3.63) is 39.3 Å². The number of cyclic esters (lactones) is 1. The van der Waals surface area contributed by atoms with Crippen LogP contribution in [0.4, 0.5) is 5.69 Å². The van der Waals surface area contributed by atoms with Gasteiger partial charge in [0, 0.05) is 6.42 Å². The number of aliphatic hydroxyl groups is 2. The van der Waals surface area contributed by atoms with Gasteiger partial charge in [-0.15, -0.1) is 0 Å². The molecule has 12 heteroatoms. The van der Waals surface area contributed by atoms with Gasteiger partial charge in [0.1, 0.15) is 19.3 Å². The molecule has 242 valence electrons. The molecule has 0 fully saturated rings. The minimum absolute atomic E-state index is 0.0553. The van der Waals surface area contributed by atoms with Crippen molar-refractivity contribution in [2.75, 3.05) is 20.8 Å². The highest BCUT2D eigenvalue weighted by molar-refractivity contribution is 5.89. The van der Waals surface area contributed by atoms with Crippen LogP contribution in [0.1, 0.15) is 102 Å². The number of ether oxygens (including phenoxy) is 5. The molecule has 2 unspecified atom stereocenters. The Labute approximate surface area is 253 Å². The average molecular weight is 610 g/mol. The van der Waals surface area contributed by atoms with E-state index in [4.69, 9.17) is 23.7 Å². The van der Waals surface area contributed by atoms with E-state index in [-0.39, 0.29) is 29.2 Å². The molecule has 0 spiro atoms. The van der Waals surface area contributed by atoms with Crippen LogP contribution in [0.25, 0.3) is 0 Å². The van der Waals surface area contributed by atoms with Crippen molar-refractivity contribution in [1.29, 1.82) is 0 Å². The van der Waals surface area contributed by atoms with Gasteiger partial charge in [-0.05, 0) is 12.5 Å². The number of rotatable bonds is 23. The van der Waals surface area contributed by atoms with Gasteiger partial charge in [-0.25, -0.2) is 4.79 Å². The highest BCUT2D eigenvalue weighted by atomic mass is 16.6. The van der Waals surface area contributed by atoms with Gasteiger partial charge in [-0.2, -0.15) is 0 Å². The summed E-state index contributed by atoms with van der Waals surface area (Å²) in [6.07, 6.45) is 12.7. The van der Waals surface area contributed by atoms with Crippen LogP contribution in [-0.2, 0) is 30.4 Å². The van der Waals surface area contributed by atoms with E-state index in [1.807, 2.05) is 0 Å². The Morgan fingerprint density at radius 2 is 1.49 bits per heavy atom. The molecular formula is C31H47NO11. The maximum Gasteiger partial charge on any atom is 0.378 e. The summed E-state index contributed by atoms with van der Waals surface area (Å²) in [4.78, 5) is 35.1. The molecule has 1 heterocycles. The first-order chi connectivity index (χ1) is 20.7. The highest BCUT2D eigenvalue weighted by Gasteiger charge is 2.41. The van der Waals surface area contributed by atoms with Crippen LogP contribution >= 0.6 is 0 Å². The van der Waals surface area contributed by atoms with E-state index < -0.39 is 53.8 Å². The number of nitrogens with zero attached hydrogens (tertiary/aromatic N) is 1. The zero-order valence-corrected chi connectivity index (χ0v) is 25.6. The molecule has 0 saturated heterocycles. The normalized spacial score (nSPS) is 15.3. The molecule has 2 atom stereocenters. The molecule has 0 aliphatic carbocycles. The molecule has 0 aromatic heterocycles. The molecule has 12 nitrogen and oxygen atoms in total. The van der Waals surface area contributed by atoms with Crippen molar-refractivity contribution < 1.29 is 48.4 Å². The lowest BCUT2D eigenvalue weighted by molar-refractivity contribution is -0.386. The second-order valence-corrected chi connectivity index (χ2v) is 10.7. The third kappa shape index (κ3) is 11.9. The minimum Gasteiger partial charge on any atom is -0.499 e. The molecule has 2 N–H and O–H groups in total. The molecule has 1 aliphatic rings. The van der Waals surface area contributed by atoms with Crippen molar-refractivity contribution in [2.24, 2.45) is 0 Å². The number of nitro groups is 1. The lowest BCUT2D eigenvalue weighted by atomic mass is 10.0. The first-order valence-corrected chi connectivity index (χ1v) is 15.2. The van der Waals surface area contributed by atoms with E-state index in [2.05, 4.69) is 6.92 Å². The second kappa shape index (κ2) is 19.6. The van der Waals surface area contributed by atoms with Crippen LogP contribution < -0.4 is 9.47 Å². The van der Waals surface area contributed by atoms with Gasteiger partial charge in [0.05, 0.1) is 30.8 Å². The number of aliphatic hydroxyl groups excluding tert-OH is 2. The Kier molecular flexibility index (Phi) is 16.3. The van der Waals surface area contributed by atoms with Crippen LogP contribution in [0.2, 0.25) is 0 Å². The minimum atomic E-state index is -1.53. The molecule has 1 aromatic carbocycles. The van der Waals surface area contributed by atoms with Crippen molar-refractivity contribution in [3.8, 4) is 11.5 Å². The van der Waals surface area contributed by atoms with Gasteiger partial charge in [0.25, 0.3) is 5.69 Å². The first kappa shape index (κ1) is 35.7. The zero-order chi connectivity index (χ0) is 31.6. The van der Waals surface area contributed by atoms with E-state index in [0.717, 1.165) is 25.3 Å². The van der Waals surface area contributed by atoms with Crippen molar-refractivity contribution in [3.63, 3.8) is 0 Å². The standard InChI is InChI=1S/C31H47NO11/c1-4-5-6-7-8-9-10-11-12-13-14-15-16-17-27(34)41-21-24(33)29-30(28(35)31(36)43-29)42-20-22-18-25(39-2)26(40-3)19-23(22)32(37)38/h18-19,24,29,33,35H,4-17,20-21H2,1-3H3. The van der Waals surface area contributed by atoms with E-state index in [1.165, 1.54) is 78.1 Å². The van der Waals surface area contributed by atoms with Crippen LogP contribution in [0, 0.1) is 10.1 Å². The number of carbonyl (C=O) groups excluding carboxylic acids is 2. The Morgan fingerprint density at radius 1 is 0.953 bits per heavy atom. The number of nitro benzene ring substituents is 1. The summed E-state index contributed by atoms with van der Waals surface area (Å²) in [5.41, 5.74) is -0.290. The Morgan fingerprint density at radius 3 is 2.02 bits per heavy atom. The number of esters is 2. The molecule has 0 saturated carbocycles. The summed E-state index contributed by atoms with van der Waals surface area (Å²) in [6, 6.07) is 2.49. The molecule has 0 amide bonds. The van der Waals surface area contributed by atoms with Crippen LogP contribution in [0.15, 0.2) is 23.7 Å². The predicted molar refractivity (Wildman–Crippen MR) is 158 cm³/mol. The summed E-state index contributed by atoms with van der Waals surface area (Å²) in [7, 11) is 2.69. The van der Waals surface area contributed by atoms with E-state index in [9.17, 15) is 29.9 Å². The summed E-state index contributed by atoms with van der Waals surface area (Å²) in [5, 5.41) is 32.3. The second-order valence-electron chi connectivity index (χ2n) is 10.7. The summed E-state index contributed by atoms with van der Waals surface area (Å²) in [6.45, 7) is 1.27. The van der Waals surface area contributed by atoms with Crippen molar-refractivity contribution in [2.45, 2.75) is 116 Å². The Hall–Kier alpha value is -3.54. The topological polar surface area (TPSA) is 164 Å². The van der Waals surface area contributed by atoms with Gasteiger partial charge >= 0.3 is 11.9 Å². The van der Waals surface area contributed by atoms with Gasteiger partial charge in [-0.1, -0.05) is 84.0 Å². The number of benzene rings is 1. The fourth-order valence-corrected chi connectivity index (χ4v) is 4.84. The first-order valence-electron chi connectivity index (χ1n) is 15.2. The van der Waals surface area contributed by atoms with Gasteiger partial charge in [0.15, 0.2) is 23.4 Å². The van der Waals surface area contributed by atoms with Crippen LogP contribution in [0.5, 0.6) is 11.5 Å². The van der Waals surface area contributed by atoms with E-state index in [1.54, 1.807) is 0 Å². The fourth-order valence-electron chi connectivity index (χ4n) is 4.84. The maximum absolute atomic E-state index is 12.2. The Bertz CT molecular complexity index is 1070. The number of methoxy groups -OCH3 is 2. The largest absolute Gasteiger partial charge is 0.499 e. The number of hydrogen-bond donors (Lipinski definition) is 2. The maximum atomic E-state index is 12.2. The molecule has 1 aliphatic heterocycles. The van der Waals surface area contributed by atoms with Gasteiger partial charge in [0.2, 0.25) is 5.76 Å². The van der Waals surface area contributed by atoms with Crippen LogP contribution in [-0.4, -0.2) is 60.1 Å². The molecule has 0 bridgehead atoms. The lowest BCUT2D eigenvalue weighted by Crippen LogP contribution is -2.34. The molecule has 43 heavy (non-hydrogen) atoms. The number of carbonyl (C=O) groups is 2. The summed E-state index contributed by atoms with van der Waals surface area (Å²) in [5.74, 6) is -2.61. The SMILES string of the molecule is CCCCCCCCCCCCCCCC(=O)OCC(O)C1OC(=O)C(O)=C1OCc1cc(OC)c(OC)cc1[N+](=O)[O-]. The Balaban J connectivity index is 1.74. The fraction of sp³-hybridized carbons (Fsp3) is 0.677. The number of unbranched alkanes of at least 4 members (excludes halogenated alkanes) is 12. The average Bonchev–Trinajstić information content (AvgIpc) is 3.29. The lowest BCUT2D eigenvalue weighted by Gasteiger charge is -2.20. The number of hydrogen-bond acceptors (Lipinski definition) is 11. The molecule has 2 rings (SSSR count). The zero-order valence-electron chi connectivity index (χ0n) is 25.6. The highest BCUT2D eigenvalue weighted by Crippen LogP contribution is 2.36. The molecule has 1 aromatic rings. The summed E-state index contributed by atoms with van der Waals surface area (Å²) < 4.78 is 25.9. The quantitative estimate of drug-likeness (QED) is 0.0627. The van der Waals surface area contributed by atoms with E-state index in [0.29, 0.717) is 6.42 Å². The molecule has 0 radical (unpaired) electrons. The predicted octanol–water partition coefficient (Wildman–Crippen LogP) is 6.21. The summed E-state index contributed by atoms with van der Waals surface area (Å²) >= 11 is 0. The van der Waals surface area contributed by atoms with Gasteiger partial charge < -0.3 is 33.9 Å². The smallest absolute Gasteiger partial charge is 0.378 e. The van der Waals surface area contributed by atoms with E-state index >= 15 is 0 Å². The third-order valence-electron chi connectivity index (χ3n) is 7.33.